The first kappa shape index (κ1) is 83.3. The minimum atomic E-state index is 0.694. The minimum absolute atomic E-state index is 0.694. The van der Waals surface area contributed by atoms with E-state index in [1.54, 1.807) is 0 Å². The molecule has 0 saturated carbocycles. The smallest absolute Gasteiger partial charge is 0.161 e. The van der Waals surface area contributed by atoms with E-state index in [-0.39, 0.29) is 0 Å². The third kappa shape index (κ3) is 13.6. The Morgan fingerprint density at radius 2 is 0.537 bits per heavy atom. The van der Waals surface area contributed by atoms with E-state index < -0.39 is 0 Å². The zero-order chi connectivity index (χ0) is 96.4. The van der Waals surface area contributed by atoms with Gasteiger partial charge in [0, 0.05) is 129 Å². The van der Waals surface area contributed by atoms with Gasteiger partial charge < -0.3 is 18.1 Å². The van der Waals surface area contributed by atoms with Crippen LogP contribution in [0.5, 0.6) is 0 Å². The third-order valence-electron chi connectivity index (χ3n) is 29.9. The fourth-order valence-electron chi connectivity index (χ4n) is 23.1. The van der Waals surface area contributed by atoms with Crippen molar-refractivity contribution in [1.29, 1.82) is 0 Å². The highest BCUT2D eigenvalue weighted by Crippen LogP contribution is 2.48. The van der Waals surface area contributed by atoms with Crippen molar-refractivity contribution in [2.24, 2.45) is 0 Å². The van der Waals surface area contributed by atoms with Crippen LogP contribution in [0, 0.1) is 0 Å². The van der Waals surface area contributed by atoms with Crippen LogP contribution in [0.3, 0.4) is 0 Å². The summed E-state index contributed by atoms with van der Waals surface area (Å²) >= 11 is 1.83. The van der Waals surface area contributed by atoms with Crippen molar-refractivity contribution in [2.45, 2.75) is 0 Å². The average Bonchev–Trinajstić information content (AvgIpc) is 1.60. The molecule has 8 aromatic heterocycles. The van der Waals surface area contributed by atoms with E-state index in [0.717, 1.165) is 150 Å². The largest absolute Gasteiger partial charge is 0.456 e. The van der Waals surface area contributed by atoms with Crippen LogP contribution >= 0.6 is 11.3 Å². The molecule has 0 unspecified atom stereocenters. The predicted molar refractivity (Wildman–Crippen MR) is 617 cm³/mol. The Labute approximate surface area is 845 Å². The molecule has 11 heteroatoms. The van der Waals surface area contributed by atoms with Crippen LogP contribution in [0.25, 0.3) is 301 Å². The molecule has 0 spiro atoms. The molecule has 32 aromatic rings. The number of fused-ring (bicyclic) bond motifs is 26. The lowest BCUT2D eigenvalue weighted by Crippen LogP contribution is -1.99. The molecule has 8 heterocycles. The van der Waals surface area contributed by atoms with Crippen molar-refractivity contribution in [3.63, 3.8) is 0 Å². The predicted octanol–water partition coefficient (Wildman–Crippen LogP) is 36.5. The highest BCUT2D eigenvalue weighted by molar-refractivity contribution is 7.25. The summed E-state index contributed by atoms with van der Waals surface area (Å²) in [6.07, 6.45) is 0. The molecule has 147 heavy (non-hydrogen) atoms. The SMILES string of the molecule is c1cc(-c2nc(-c3cc4ccccc4c4ccccc34)c3ccccc3n2)cc(-n2c3ccccc3c3cc4ccccc4cc32)c1.c1ccc2cc3c(cc2c1)c1ccccc1n3-c1ccc(-c2nc(-c3ccc4c(c3)oc3ccccc34)c3ccccc3n2)c2ccccc12.c1ccc2cc3c(cc2c1)c1ccccc1n3-c1ccc(-c2nc(-c3ccc4c(c3)sc3ccccc34)c3ccccc3n2)c2ccccc12. The van der Waals surface area contributed by atoms with Gasteiger partial charge in [-0.25, -0.2) is 29.9 Å². The first-order chi connectivity index (χ1) is 72.9. The van der Waals surface area contributed by atoms with Gasteiger partial charge >= 0.3 is 0 Å². The van der Waals surface area contributed by atoms with Crippen LogP contribution in [0.1, 0.15) is 0 Å². The van der Waals surface area contributed by atoms with E-state index in [4.69, 9.17) is 34.3 Å². The van der Waals surface area contributed by atoms with Gasteiger partial charge in [-0.3, -0.25) is 0 Å². The molecule has 0 radical (unpaired) electrons. The summed E-state index contributed by atoms with van der Waals surface area (Å²) in [4.78, 5) is 31.5. The lowest BCUT2D eigenvalue weighted by atomic mass is 9.94. The monoisotopic (exact) mass is 1890 g/mol. The zero-order valence-corrected chi connectivity index (χ0v) is 79.9. The molecule has 0 aliphatic carbocycles. The Morgan fingerprint density at radius 1 is 0.170 bits per heavy atom. The van der Waals surface area contributed by atoms with Crippen LogP contribution in [0.2, 0.25) is 0 Å². The van der Waals surface area contributed by atoms with Crippen LogP contribution in [-0.2, 0) is 0 Å². The van der Waals surface area contributed by atoms with Crippen LogP contribution in [0.4, 0.5) is 0 Å². The fraction of sp³-hybridized carbons (Fsp3) is 0. The second-order valence-corrected chi connectivity index (χ2v) is 39.2. The number of thiophene rings is 1. The molecule has 0 bridgehead atoms. The van der Waals surface area contributed by atoms with Gasteiger partial charge in [-0.2, -0.15) is 0 Å². The maximum absolute atomic E-state index is 6.29. The summed E-state index contributed by atoms with van der Waals surface area (Å²) < 4.78 is 16.1. The zero-order valence-electron chi connectivity index (χ0n) is 79.1. The molecule has 0 aliphatic heterocycles. The summed E-state index contributed by atoms with van der Waals surface area (Å²) in [6, 6.07) is 175. The molecule has 682 valence electrons. The molecule has 10 nitrogen and oxygen atoms in total. The molecular weight excluding hydrogens is 1810 g/mol. The summed E-state index contributed by atoms with van der Waals surface area (Å²) in [5.41, 5.74) is 24.0. The Bertz CT molecular complexity index is 10800. The number of furan rings is 1. The fourth-order valence-corrected chi connectivity index (χ4v) is 24.3. The standard InChI is InChI=1S/C46H27N3O.C46H27N3S.C44H27N3/c2*1-2-12-29-26-42-38(25-28(29)11-1)33-15-6-9-19-40(33)49(42)41-24-23-36(31-13-3-4-14-32(31)41)46-47-39-18-8-5-17-37(39)45(48-46)30-21-22-35-34-16-7-10-20-43(34)50-44(35)27-30;1-2-13-29-27-42-38(25-28(29)12-1)36-20-8-10-23-41(36)47(42)32-16-11-15-31(24-32)44-45-40-22-9-7-21-37(40)43(46-44)39-26-30-14-3-4-17-33(30)34-18-5-6-19-35(34)39/h2*1-27H;1-27H. The number of para-hydroxylation sites is 7. The van der Waals surface area contributed by atoms with E-state index in [0.29, 0.717) is 11.6 Å². The lowest BCUT2D eigenvalue weighted by Gasteiger charge is -2.15. The van der Waals surface area contributed by atoms with Gasteiger partial charge in [0.2, 0.25) is 0 Å². The van der Waals surface area contributed by atoms with Crippen molar-refractivity contribution >= 4 is 227 Å². The summed E-state index contributed by atoms with van der Waals surface area (Å²) in [7, 11) is 0. The molecule has 24 aromatic carbocycles. The summed E-state index contributed by atoms with van der Waals surface area (Å²) in [6.45, 7) is 0. The molecule has 0 aliphatic rings. The van der Waals surface area contributed by atoms with Crippen LogP contribution < -0.4 is 0 Å². The van der Waals surface area contributed by atoms with Crippen molar-refractivity contribution in [3.05, 3.63) is 491 Å². The van der Waals surface area contributed by atoms with E-state index in [1.165, 1.54) is 139 Å². The lowest BCUT2D eigenvalue weighted by molar-refractivity contribution is 0.669. The highest BCUT2D eigenvalue weighted by atomic mass is 32.1. The summed E-state index contributed by atoms with van der Waals surface area (Å²) in [5, 5.41) is 32.2. The topological polar surface area (TPSA) is 105 Å². The van der Waals surface area contributed by atoms with E-state index in [9.17, 15) is 0 Å². The van der Waals surface area contributed by atoms with Crippen molar-refractivity contribution in [3.8, 4) is 85.0 Å². The second-order valence-electron chi connectivity index (χ2n) is 38.2. The Hall–Kier alpha value is -19.5. The third-order valence-corrected chi connectivity index (χ3v) is 31.0. The van der Waals surface area contributed by atoms with Gasteiger partial charge in [-0.1, -0.05) is 346 Å². The van der Waals surface area contributed by atoms with Crippen molar-refractivity contribution in [1.82, 2.24) is 43.6 Å². The molecule has 0 amide bonds. The van der Waals surface area contributed by atoms with Gasteiger partial charge in [0.25, 0.3) is 0 Å². The minimum Gasteiger partial charge on any atom is -0.456 e. The average molecular weight is 1890 g/mol. The van der Waals surface area contributed by atoms with E-state index in [2.05, 4.69) is 475 Å². The van der Waals surface area contributed by atoms with E-state index in [1.807, 2.05) is 41.7 Å². The van der Waals surface area contributed by atoms with Crippen molar-refractivity contribution in [2.75, 3.05) is 0 Å². The second kappa shape index (κ2) is 33.6. The highest BCUT2D eigenvalue weighted by Gasteiger charge is 2.26. The van der Waals surface area contributed by atoms with Gasteiger partial charge in [0.05, 0.1) is 78.1 Å². The van der Waals surface area contributed by atoms with Gasteiger partial charge in [0.1, 0.15) is 11.2 Å². The molecule has 0 saturated heterocycles. The van der Waals surface area contributed by atoms with Gasteiger partial charge in [-0.15, -0.1) is 11.3 Å². The number of hydrogen-bond donors (Lipinski definition) is 0. The van der Waals surface area contributed by atoms with Crippen LogP contribution in [-0.4, -0.2) is 43.6 Å². The number of rotatable bonds is 9. The van der Waals surface area contributed by atoms with Gasteiger partial charge in [0.15, 0.2) is 17.5 Å². The quantitative estimate of drug-likeness (QED) is 0.133. The Morgan fingerprint density at radius 3 is 1.07 bits per heavy atom. The maximum Gasteiger partial charge on any atom is 0.161 e. The normalized spacial score (nSPS) is 11.9. The van der Waals surface area contributed by atoms with Crippen molar-refractivity contribution < 1.29 is 4.42 Å². The number of hydrogen-bond acceptors (Lipinski definition) is 8. The first-order valence-corrected chi connectivity index (χ1v) is 50.6. The molecular formula is C136H81N9OS. The van der Waals surface area contributed by atoms with Crippen LogP contribution in [0.15, 0.2) is 496 Å². The molecule has 0 N–H and O–H groups in total. The number of aromatic nitrogens is 9. The molecule has 32 rings (SSSR count). The summed E-state index contributed by atoms with van der Waals surface area (Å²) in [5.74, 6) is 2.13. The molecule has 0 fully saturated rings. The van der Waals surface area contributed by atoms with E-state index >= 15 is 0 Å². The maximum atomic E-state index is 6.29. The number of benzene rings is 24. The van der Waals surface area contributed by atoms with Gasteiger partial charge in [-0.05, 0) is 210 Å². The Kier molecular flexibility index (Phi) is 19.1. The Balaban J connectivity index is 0.000000102. The first-order valence-electron chi connectivity index (χ1n) is 49.8. The molecule has 0 atom stereocenters. The number of nitrogens with zero attached hydrogens (tertiary/aromatic N) is 9.